The summed E-state index contributed by atoms with van der Waals surface area (Å²) in [7, 11) is 0. The second kappa shape index (κ2) is 10.5. The average molecular weight is 452 g/mol. The number of aliphatic hydroxyl groups is 1. The van der Waals surface area contributed by atoms with Crippen LogP contribution < -0.4 is 0 Å². The van der Waals surface area contributed by atoms with E-state index in [1.54, 1.807) is 0 Å². The molecule has 4 heteroatoms. The summed E-state index contributed by atoms with van der Waals surface area (Å²) in [6.07, 6.45) is 16.1. The van der Waals surface area contributed by atoms with Crippen LogP contribution in [0.5, 0.6) is 0 Å². The highest BCUT2D eigenvalue weighted by Gasteiger charge is 2.29. The Bertz CT molecular complexity index is 903. The third kappa shape index (κ3) is 5.17. The van der Waals surface area contributed by atoms with E-state index in [9.17, 15) is 5.11 Å². The zero-order valence-corrected chi connectivity index (χ0v) is 21.0. The van der Waals surface area contributed by atoms with Crippen LogP contribution in [0.15, 0.2) is 18.2 Å². The molecule has 4 nitrogen and oxygen atoms in total. The molecular weight excluding hydrogens is 406 g/mol. The van der Waals surface area contributed by atoms with Gasteiger partial charge in [0.1, 0.15) is 12.1 Å². The summed E-state index contributed by atoms with van der Waals surface area (Å²) in [5, 5.41) is 11.2. The fraction of sp³-hybridized carbons (Fsp3) is 0.759. The Hall–Kier alpha value is -1.39. The third-order valence-corrected chi connectivity index (χ3v) is 9.04. The summed E-state index contributed by atoms with van der Waals surface area (Å²) < 4.78 is 2.49. The van der Waals surface area contributed by atoms with Gasteiger partial charge in [-0.15, -0.1) is 0 Å². The quantitative estimate of drug-likeness (QED) is 0.419. The molecule has 0 amide bonds. The molecule has 3 fully saturated rings. The zero-order chi connectivity index (χ0) is 22.8. The SMILES string of the molecule is CCC1CCC(c2nc3cc(C4CC4)ccc3n2CCC(O)N(CC)C2CCCCC2)CC1. The van der Waals surface area contributed by atoms with Gasteiger partial charge in [0.25, 0.3) is 0 Å². The van der Waals surface area contributed by atoms with Crippen molar-refractivity contribution in [3.63, 3.8) is 0 Å². The summed E-state index contributed by atoms with van der Waals surface area (Å²) >= 11 is 0. The van der Waals surface area contributed by atoms with E-state index < -0.39 is 0 Å². The molecule has 1 aromatic carbocycles. The minimum absolute atomic E-state index is 0.357. The number of benzene rings is 1. The maximum Gasteiger partial charge on any atom is 0.112 e. The van der Waals surface area contributed by atoms with Gasteiger partial charge in [0.15, 0.2) is 0 Å². The van der Waals surface area contributed by atoms with Crippen LogP contribution in [0.25, 0.3) is 11.0 Å². The Morgan fingerprint density at radius 2 is 1.70 bits per heavy atom. The average Bonchev–Trinajstić information content (AvgIpc) is 3.65. The lowest BCUT2D eigenvalue weighted by atomic mass is 9.80. The molecule has 3 aliphatic carbocycles. The topological polar surface area (TPSA) is 41.3 Å². The lowest BCUT2D eigenvalue weighted by Crippen LogP contribution is -2.44. The molecule has 1 unspecified atom stereocenters. The van der Waals surface area contributed by atoms with Crippen molar-refractivity contribution in [3.05, 3.63) is 29.6 Å². The van der Waals surface area contributed by atoms with Crippen molar-refractivity contribution < 1.29 is 5.11 Å². The Balaban J connectivity index is 1.36. The molecular formula is C29H45N3O. The fourth-order valence-corrected chi connectivity index (χ4v) is 6.75. The van der Waals surface area contributed by atoms with Gasteiger partial charge in [-0.05, 0) is 87.4 Å². The molecule has 3 saturated carbocycles. The van der Waals surface area contributed by atoms with E-state index in [4.69, 9.17) is 4.98 Å². The molecule has 0 saturated heterocycles. The van der Waals surface area contributed by atoms with Crippen LogP contribution in [-0.4, -0.2) is 38.4 Å². The summed E-state index contributed by atoms with van der Waals surface area (Å²) in [6, 6.07) is 7.58. The number of nitrogens with zero attached hydrogens (tertiary/aromatic N) is 3. The van der Waals surface area contributed by atoms with E-state index in [1.165, 1.54) is 99.5 Å². The molecule has 3 aliphatic rings. The number of hydrogen-bond donors (Lipinski definition) is 1. The first kappa shape index (κ1) is 23.4. The Morgan fingerprint density at radius 3 is 2.36 bits per heavy atom. The number of aryl methyl sites for hydroxylation is 1. The Labute approximate surface area is 200 Å². The van der Waals surface area contributed by atoms with Gasteiger partial charge in [-0.3, -0.25) is 4.90 Å². The number of rotatable bonds is 9. The Morgan fingerprint density at radius 1 is 0.970 bits per heavy atom. The molecule has 0 radical (unpaired) electrons. The molecule has 0 aliphatic heterocycles. The lowest BCUT2D eigenvalue weighted by Gasteiger charge is -2.37. The Kier molecular flexibility index (Phi) is 7.42. The molecule has 1 atom stereocenters. The van der Waals surface area contributed by atoms with Crippen molar-refractivity contribution in [3.8, 4) is 0 Å². The minimum atomic E-state index is -0.357. The van der Waals surface area contributed by atoms with Crippen LogP contribution in [0.1, 0.15) is 121 Å². The van der Waals surface area contributed by atoms with E-state index in [0.29, 0.717) is 12.0 Å². The maximum atomic E-state index is 11.2. The second-order valence-electron chi connectivity index (χ2n) is 11.2. The van der Waals surface area contributed by atoms with E-state index in [-0.39, 0.29) is 6.23 Å². The maximum absolute atomic E-state index is 11.2. The smallest absolute Gasteiger partial charge is 0.112 e. The summed E-state index contributed by atoms with van der Waals surface area (Å²) in [5.74, 6) is 3.53. The predicted octanol–water partition coefficient (Wildman–Crippen LogP) is 6.96. The van der Waals surface area contributed by atoms with Crippen LogP contribution >= 0.6 is 0 Å². The van der Waals surface area contributed by atoms with E-state index in [2.05, 4.69) is 41.5 Å². The van der Waals surface area contributed by atoms with Gasteiger partial charge in [-0.1, -0.05) is 45.6 Å². The molecule has 2 aromatic rings. The summed E-state index contributed by atoms with van der Waals surface area (Å²) in [6.45, 7) is 6.36. The van der Waals surface area contributed by atoms with Crippen LogP contribution in [0.3, 0.4) is 0 Å². The van der Waals surface area contributed by atoms with Gasteiger partial charge < -0.3 is 9.67 Å². The highest BCUT2D eigenvalue weighted by molar-refractivity contribution is 5.77. The van der Waals surface area contributed by atoms with Crippen molar-refractivity contribution in [1.29, 1.82) is 0 Å². The minimum Gasteiger partial charge on any atom is -0.378 e. The first-order valence-corrected chi connectivity index (χ1v) is 14.1. The van der Waals surface area contributed by atoms with Gasteiger partial charge in [0.2, 0.25) is 0 Å². The van der Waals surface area contributed by atoms with Crippen LogP contribution in [0, 0.1) is 5.92 Å². The molecule has 5 rings (SSSR count). The van der Waals surface area contributed by atoms with Crippen molar-refractivity contribution >= 4 is 11.0 Å². The molecule has 1 N–H and O–H groups in total. The first-order chi connectivity index (χ1) is 16.2. The number of aromatic nitrogens is 2. The van der Waals surface area contributed by atoms with Crippen molar-refractivity contribution in [2.45, 2.75) is 128 Å². The highest BCUT2D eigenvalue weighted by atomic mass is 16.3. The fourth-order valence-electron chi connectivity index (χ4n) is 6.75. The monoisotopic (exact) mass is 451 g/mol. The van der Waals surface area contributed by atoms with Crippen LogP contribution in [-0.2, 0) is 6.54 Å². The molecule has 182 valence electrons. The number of fused-ring (bicyclic) bond motifs is 1. The molecule has 1 aromatic heterocycles. The zero-order valence-electron chi connectivity index (χ0n) is 21.0. The number of hydrogen-bond acceptors (Lipinski definition) is 3. The number of aliphatic hydroxyl groups excluding tert-OH is 1. The van der Waals surface area contributed by atoms with Gasteiger partial charge in [-0.25, -0.2) is 4.98 Å². The van der Waals surface area contributed by atoms with Crippen LogP contribution in [0.4, 0.5) is 0 Å². The van der Waals surface area contributed by atoms with E-state index in [1.807, 2.05) is 0 Å². The van der Waals surface area contributed by atoms with Gasteiger partial charge in [-0.2, -0.15) is 0 Å². The second-order valence-corrected chi connectivity index (χ2v) is 11.2. The highest BCUT2D eigenvalue weighted by Crippen LogP contribution is 2.42. The molecule has 33 heavy (non-hydrogen) atoms. The first-order valence-electron chi connectivity index (χ1n) is 14.1. The van der Waals surface area contributed by atoms with Gasteiger partial charge in [0.05, 0.1) is 11.0 Å². The molecule has 0 bridgehead atoms. The lowest BCUT2D eigenvalue weighted by molar-refractivity contribution is -0.0381. The number of imidazole rings is 1. The summed E-state index contributed by atoms with van der Waals surface area (Å²) in [5.41, 5.74) is 3.93. The van der Waals surface area contributed by atoms with Gasteiger partial charge in [0, 0.05) is 24.9 Å². The van der Waals surface area contributed by atoms with Crippen molar-refractivity contribution in [2.24, 2.45) is 5.92 Å². The van der Waals surface area contributed by atoms with Crippen LogP contribution in [0.2, 0.25) is 0 Å². The largest absolute Gasteiger partial charge is 0.378 e. The molecule has 0 spiro atoms. The summed E-state index contributed by atoms with van der Waals surface area (Å²) in [4.78, 5) is 7.63. The van der Waals surface area contributed by atoms with Gasteiger partial charge >= 0.3 is 0 Å². The molecule has 1 heterocycles. The normalized spacial score (nSPS) is 25.7. The van der Waals surface area contributed by atoms with Crippen molar-refractivity contribution in [2.75, 3.05) is 6.54 Å². The van der Waals surface area contributed by atoms with E-state index >= 15 is 0 Å². The standard InChI is InChI=1S/C29H45N3O/c1-3-21-10-12-23(13-11-21)29-30-26-20-24(22-14-15-22)16-17-27(26)32(29)19-18-28(33)31(4-2)25-8-6-5-7-9-25/h16-17,20-23,25,28,33H,3-15,18-19H2,1-2H3. The van der Waals surface area contributed by atoms with Crippen molar-refractivity contribution in [1.82, 2.24) is 14.5 Å². The third-order valence-electron chi connectivity index (χ3n) is 9.04. The van der Waals surface area contributed by atoms with E-state index in [0.717, 1.165) is 31.3 Å². The predicted molar refractivity (Wildman–Crippen MR) is 137 cm³/mol.